The highest BCUT2D eigenvalue weighted by atomic mass is 16.5. The van der Waals surface area contributed by atoms with Crippen LogP contribution in [0.3, 0.4) is 0 Å². The number of nitrogens with zero attached hydrogens (tertiary/aromatic N) is 1. The minimum absolute atomic E-state index is 0.0420. The lowest BCUT2D eigenvalue weighted by Crippen LogP contribution is -2.32. The molecule has 2 rings (SSSR count). The predicted octanol–water partition coefficient (Wildman–Crippen LogP) is 3.53. The van der Waals surface area contributed by atoms with Gasteiger partial charge >= 0.3 is 0 Å². The standard InChI is InChI=1S/C18H24N2O/c1-4-20(18-11-6-5-8-14(18)2)13-17(19)15-9-7-10-16(12-15)21-3/h5-12,17H,4,13,19H2,1-3H3. The second kappa shape index (κ2) is 7.14. The van der Waals surface area contributed by atoms with Crippen LogP contribution in [0.5, 0.6) is 5.75 Å². The average molecular weight is 284 g/mol. The van der Waals surface area contributed by atoms with Gasteiger partial charge in [0.1, 0.15) is 5.75 Å². The molecule has 3 heteroatoms. The van der Waals surface area contributed by atoms with Crippen LogP contribution >= 0.6 is 0 Å². The Balaban J connectivity index is 2.16. The van der Waals surface area contributed by atoms with E-state index in [-0.39, 0.29) is 6.04 Å². The van der Waals surface area contributed by atoms with Crippen molar-refractivity contribution in [2.24, 2.45) is 5.73 Å². The van der Waals surface area contributed by atoms with Crippen LogP contribution in [-0.2, 0) is 0 Å². The molecule has 0 aliphatic rings. The van der Waals surface area contributed by atoms with Crippen molar-refractivity contribution >= 4 is 5.69 Å². The Morgan fingerprint density at radius 3 is 2.57 bits per heavy atom. The normalized spacial score (nSPS) is 12.0. The zero-order valence-corrected chi connectivity index (χ0v) is 13.0. The van der Waals surface area contributed by atoms with Crippen molar-refractivity contribution in [2.75, 3.05) is 25.1 Å². The topological polar surface area (TPSA) is 38.5 Å². The molecule has 21 heavy (non-hydrogen) atoms. The van der Waals surface area contributed by atoms with E-state index in [0.29, 0.717) is 0 Å². The first-order chi connectivity index (χ1) is 10.2. The Bertz CT molecular complexity index is 583. The molecule has 0 aromatic heterocycles. The molecule has 0 spiro atoms. The summed E-state index contributed by atoms with van der Waals surface area (Å²) < 4.78 is 5.27. The van der Waals surface area contributed by atoms with E-state index in [1.54, 1.807) is 7.11 Å². The van der Waals surface area contributed by atoms with Crippen molar-refractivity contribution in [2.45, 2.75) is 19.9 Å². The molecule has 1 atom stereocenters. The van der Waals surface area contributed by atoms with E-state index in [1.165, 1.54) is 11.3 Å². The zero-order chi connectivity index (χ0) is 15.2. The summed E-state index contributed by atoms with van der Waals surface area (Å²) in [6, 6.07) is 16.4. The molecule has 2 N–H and O–H groups in total. The van der Waals surface area contributed by atoms with Gasteiger partial charge < -0.3 is 15.4 Å². The quantitative estimate of drug-likeness (QED) is 0.882. The first kappa shape index (κ1) is 15.4. The van der Waals surface area contributed by atoms with Gasteiger partial charge in [-0.1, -0.05) is 30.3 Å². The highest BCUT2D eigenvalue weighted by molar-refractivity contribution is 5.53. The molecule has 0 aliphatic heterocycles. The van der Waals surface area contributed by atoms with Crippen LogP contribution in [0.4, 0.5) is 5.69 Å². The number of likely N-dealkylation sites (N-methyl/N-ethyl adjacent to an activating group) is 1. The van der Waals surface area contributed by atoms with Crippen LogP contribution in [-0.4, -0.2) is 20.2 Å². The van der Waals surface area contributed by atoms with E-state index >= 15 is 0 Å². The van der Waals surface area contributed by atoms with Crippen LogP contribution in [0.15, 0.2) is 48.5 Å². The molecular formula is C18H24N2O. The van der Waals surface area contributed by atoms with Crippen molar-refractivity contribution in [3.05, 3.63) is 59.7 Å². The Labute approximate surface area is 127 Å². The minimum atomic E-state index is -0.0420. The van der Waals surface area contributed by atoms with Gasteiger partial charge in [0.05, 0.1) is 7.11 Å². The number of methoxy groups -OCH3 is 1. The van der Waals surface area contributed by atoms with E-state index in [4.69, 9.17) is 10.5 Å². The fourth-order valence-electron chi connectivity index (χ4n) is 2.53. The van der Waals surface area contributed by atoms with Crippen LogP contribution in [0.25, 0.3) is 0 Å². The fraction of sp³-hybridized carbons (Fsp3) is 0.333. The molecular weight excluding hydrogens is 260 g/mol. The van der Waals surface area contributed by atoms with Crippen molar-refractivity contribution in [1.82, 2.24) is 0 Å². The monoisotopic (exact) mass is 284 g/mol. The van der Waals surface area contributed by atoms with Crippen molar-refractivity contribution < 1.29 is 4.74 Å². The second-order valence-corrected chi connectivity index (χ2v) is 5.21. The number of para-hydroxylation sites is 1. The molecule has 0 amide bonds. The molecule has 2 aromatic carbocycles. The Morgan fingerprint density at radius 2 is 1.90 bits per heavy atom. The first-order valence-corrected chi connectivity index (χ1v) is 7.35. The van der Waals surface area contributed by atoms with Gasteiger partial charge in [-0.15, -0.1) is 0 Å². The molecule has 0 aliphatic carbocycles. The molecule has 1 unspecified atom stereocenters. The maximum Gasteiger partial charge on any atom is 0.119 e. The van der Waals surface area contributed by atoms with Crippen LogP contribution in [0, 0.1) is 6.92 Å². The lowest BCUT2D eigenvalue weighted by Gasteiger charge is -2.28. The van der Waals surface area contributed by atoms with Crippen molar-refractivity contribution in [1.29, 1.82) is 0 Å². The summed E-state index contributed by atoms with van der Waals surface area (Å²) in [4.78, 5) is 2.32. The molecule has 0 bridgehead atoms. The summed E-state index contributed by atoms with van der Waals surface area (Å²) in [5, 5.41) is 0. The van der Waals surface area contributed by atoms with E-state index < -0.39 is 0 Å². The van der Waals surface area contributed by atoms with Gasteiger partial charge in [-0.25, -0.2) is 0 Å². The highest BCUT2D eigenvalue weighted by Gasteiger charge is 2.13. The molecule has 0 radical (unpaired) electrons. The number of hydrogen-bond acceptors (Lipinski definition) is 3. The van der Waals surface area contributed by atoms with Gasteiger partial charge in [-0.3, -0.25) is 0 Å². The third-order valence-corrected chi connectivity index (χ3v) is 3.78. The summed E-state index contributed by atoms with van der Waals surface area (Å²) in [6.45, 7) is 6.01. The first-order valence-electron chi connectivity index (χ1n) is 7.35. The summed E-state index contributed by atoms with van der Waals surface area (Å²) in [5.41, 5.74) is 10.0. The van der Waals surface area contributed by atoms with Crippen LogP contribution in [0.1, 0.15) is 24.1 Å². The van der Waals surface area contributed by atoms with Crippen molar-refractivity contribution in [3.8, 4) is 5.75 Å². The highest BCUT2D eigenvalue weighted by Crippen LogP contribution is 2.23. The fourth-order valence-corrected chi connectivity index (χ4v) is 2.53. The predicted molar refractivity (Wildman–Crippen MR) is 89.0 cm³/mol. The average Bonchev–Trinajstić information content (AvgIpc) is 2.53. The number of anilines is 1. The number of rotatable bonds is 6. The van der Waals surface area contributed by atoms with E-state index in [1.807, 2.05) is 18.2 Å². The Hall–Kier alpha value is -2.00. The molecule has 112 valence electrons. The molecule has 0 fully saturated rings. The summed E-state index contributed by atoms with van der Waals surface area (Å²) in [5.74, 6) is 0.849. The van der Waals surface area contributed by atoms with Gasteiger partial charge in [0, 0.05) is 24.8 Å². The third kappa shape index (κ3) is 3.76. The summed E-state index contributed by atoms with van der Waals surface area (Å²) >= 11 is 0. The smallest absolute Gasteiger partial charge is 0.119 e. The van der Waals surface area contributed by atoms with Gasteiger partial charge in [-0.05, 0) is 43.2 Å². The van der Waals surface area contributed by atoms with Gasteiger partial charge in [0.25, 0.3) is 0 Å². The van der Waals surface area contributed by atoms with E-state index in [0.717, 1.165) is 24.4 Å². The number of hydrogen-bond donors (Lipinski definition) is 1. The van der Waals surface area contributed by atoms with Gasteiger partial charge in [0.15, 0.2) is 0 Å². The SMILES string of the molecule is CCN(CC(N)c1cccc(OC)c1)c1ccccc1C. The molecule has 0 saturated carbocycles. The van der Waals surface area contributed by atoms with Crippen LogP contribution < -0.4 is 15.4 Å². The number of nitrogens with two attached hydrogens (primary N) is 1. The van der Waals surface area contributed by atoms with Crippen LogP contribution in [0.2, 0.25) is 0 Å². The maximum absolute atomic E-state index is 6.39. The maximum atomic E-state index is 6.39. The van der Waals surface area contributed by atoms with Crippen molar-refractivity contribution in [3.63, 3.8) is 0 Å². The minimum Gasteiger partial charge on any atom is -0.497 e. The lowest BCUT2D eigenvalue weighted by atomic mass is 10.1. The molecule has 0 saturated heterocycles. The van der Waals surface area contributed by atoms with Gasteiger partial charge in [-0.2, -0.15) is 0 Å². The van der Waals surface area contributed by atoms with Gasteiger partial charge in [0.2, 0.25) is 0 Å². The number of aryl methyl sites for hydroxylation is 1. The largest absolute Gasteiger partial charge is 0.497 e. The molecule has 0 heterocycles. The third-order valence-electron chi connectivity index (χ3n) is 3.78. The Morgan fingerprint density at radius 1 is 1.14 bits per heavy atom. The lowest BCUT2D eigenvalue weighted by molar-refractivity contribution is 0.414. The zero-order valence-electron chi connectivity index (χ0n) is 13.0. The molecule has 2 aromatic rings. The number of ether oxygens (including phenoxy) is 1. The molecule has 3 nitrogen and oxygen atoms in total. The second-order valence-electron chi connectivity index (χ2n) is 5.21. The summed E-state index contributed by atoms with van der Waals surface area (Å²) in [7, 11) is 1.68. The van der Waals surface area contributed by atoms with E-state index in [9.17, 15) is 0 Å². The summed E-state index contributed by atoms with van der Waals surface area (Å²) in [6.07, 6.45) is 0. The Kier molecular flexibility index (Phi) is 5.23. The van der Waals surface area contributed by atoms with E-state index in [2.05, 4.69) is 49.1 Å². The number of benzene rings is 2.